The molecule has 1 fully saturated rings. The molecule has 7 nitrogen and oxygen atoms in total. The van der Waals surface area contributed by atoms with E-state index in [1.54, 1.807) is 11.8 Å². The smallest absolute Gasteiger partial charge is 0.315 e. The molecule has 0 aromatic heterocycles. The summed E-state index contributed by atoms with van der Waals surface area (Å²) in [5.41, 5.74) is 0. The Balaban J connectivity index is 2.22. The van der Waals surface area contributed by atoms with Crippen molar-refractivity contribution < 1.29 is 19.5 Å². The van der Waals surface area contributed by atoms with Gasteiger partial charge in [-0.3, -0.25) is 9.59 Å². The monoisotopic (exact) mass is 299 g/mol. The first-order valence-electron chi connectivity index (χ1n) is 7.45. The maximum absolute atomic E-state index is 12.0. The molecular weight excluding hydrogens is 274 g/mol. The molecule has 0 bridgehead atoms. The fraction of sp³-hybridized carbons (Fsp3) is 0.786. The average Bonchev–Trinajstić information content (AvgIpc) is 2.95. The molecule has 21 heavy (non-hydrogen) atoms. The number of nitrogens with one attached hydrogen (secondary N) is 2. The molecule has 1 aliphatic rings. The van der Waals surface area contributed by atoms with E-state index in [1.807, 2.05) is 6.92 Å². The van der Waals surface area contributed by atoms with Crippen LogP contribution in [0.1, 0.15) is 39.5 Å². The summed E-state index contributed by atoms with van der Waals surface area (Å²) >= 11 is 0. The average molecular weight is 299 g/mol. The van der Waals surface area contributed by atoms with Crippen LogP contribution in [-0.4, -0.2) is 53.6 Å². The molecule has 120 valence electrons. The maximum Gasteiger partial charge on any atom is 0.315 e. The molecule has 1 heterocycles. The van der Waals surface area contributed by atoms with Crippen LogP contribution in [0.2, 0.25) is 0 Å². The normalized spacial score (nSPS) is 17.1. The van der Waals surface area contributed by atoms with E-state index in [0.717, 1.165) is 25.9 Å². The number of hydrogen-bond acceptors (Lipinski definition) is 3. The van der Waals surface area contributed by atoms with Crippen molar-refractivity contribution >= 4 is 17.9 Å². The van der Waals surface area contributed by atoms with Crippen LogP contribution in [0, 0.1) is 5.92 Å². The molecular formula is C14H25N3O4. The van der Waals surface area contributed by atoms with Gasteiger partial charge in [-0.15, -0.1) is 0 Å². The highest BCUT2D eigenvalue weighted by Crippen LogP contribution is 2.09. The number of aliphatic carboxylic acids is 1. The largest absolute Gasteiger partial charge is 0.481 e. The SMILES string of the molecule is CC(CCC(=O)O)CNC(=O)NC(C)C(=O)N1CCCC1. The van der Waals surface area contributed by atoms with E-state index in [4.69, 9.17) is 5.11 Å². The van der Waals surface area contributed by atoms with Gasteiger partial charge < -0.3 is 20.6 Å². The molecule has 7 heteroatoms. The summed E-state index contributed by atoms with van der Waals surface area (Å²) in [6, 6.07) is -0.936. The van der Waals surface area contributed by atoms with Gasteiger partial charge in [0.2, 0.25) is 5.91 Å². The van der Waals surface area contributed by atoms with E-state index in [0.29, 0.717) is 13.0 Å². The number of urea groups is 1. The van der Waals surface area contributed by atoms with Crippen LogP contribution in [-0.2, 0) is 9.59 Å². The van der Waals surface area contributed by atoms with Gasteiger partial charge in [0.05, 0.1) is 0 Å². The highest BCUT2D eigenvalue weighted by atomic mass is 16.4. The fourth-order valence-electron chi connectivity index (χ4n) is 2.26. The third-order valence-corrected chi connectivity index (χ3v) is 3.60. The van der Waals surface area contributed by atoms with Crippen molar-refractivity contribution in [2.75, 3.05) is 19.6 Å². The molecule has 1 aliphatic heterocycles. The molecule has 0 saturated carbocycles. The van der Waals surface area contributed by atoms with E-state index in [9.17, 15) is 14.4 Å². The van der Waals surface area contributed by atoms with Gasteiger partial charge in [-0.25, -0.2) is 4.79 Å². The standard InChI is InChI=1S/C14H25N3O4/c1-10(5-6-12(18)19)9-15-14(21)16-11(2)13(20)17-7-3-4-8-17/h10-11H,3-9H2,1-2H3,(H,18,19)(H2,15,16,21). The van der Waals surface area contributed by atoms with Crippen molar-refractivity contribution in [3.8, 4) is 0 Å². The lowest BCUT2D eigenvalue weighted by Crippen LogP contribution is -2.49. The van der Waals surface area contributed by atoms with Crippen molar-refractivity contribution in [2.24, 2.45) is 5.92 Å². The van der Waals surface area contributed by atoms with Gasteiger partial charge in [0.1, 0.15) is 6.04 Å². The summed E-state index contributed by atoms with van der Waals surface area (Å²) in [4.78, 5) is 35.9. The summed E-state index contributed by atoms with van der Waals surface area (Å²) in [6.07, 6.45) is 2.64. The predicted molar refractivity (Wildman–Crippen MR) is 77.8 cm³/mol. The third-order valence-electron chi connectivity index (χ3n) is 3.60. The van der Waals surface area contributed by atoms with E-state index >= 15 is 0 Å². The number of amides is 3. The van der Waals surface area contributed by atoms with Gasteiger partial charge in [0.15, 0.2) is 0 Å². The van der Waals surface area contributed by atoms with E-state index < -0.39 is 18.0 Å². The number of carbonyl (C=O) groups is 3. The predicted octanol–water partition coefficient (Wildman–Crippen LogP) is 0.797. The summed E-state index contributed by atoms with van der Waals surface area (Å²) in [5, 5.41) is 13.9. The molecule has 1 rings (SSSR count). The zero-order valence-corrected chi connectivity index (χ0v) is 12.7. The van der Waals surface area contributed by atoms with Gasteiger partial charge in [-0.2, -0.15) is 0 Å². The van der Waals surface area contributed by atoms with Crippen molar-refractivity contribution in [1.82, 2.24) is 15.5 Å². The van der Waals surface area contributed by atoms with E-state index in [1.165, 1.54) is 0 Å². The molecule has 2 atom stereocenters. The van der Waals surface area contributed by atoms with Crippen LogP contribution in [0.15, 0.2) is 0 Å². The Morgan fingerprint density at radius 1 is 1.19 bits per heavy atom. The zero-order chi connectivity index (χ0) is 15.8. The first-order chi connectivity index (χ1) is 9.90. The fourth-order valence-corrected chi connectivity index (χ4v) is 2.26. The topological polar surface area (TPSA) is 98.7 Å². The molecule has 1 saturated heterocycles. The highest BCUT2D eigenvalue weighted by Gasteiger charge is 2.24. The zero-order valence-electron chi connectivity index (χ0n) is 12.7. The molecule has 2 unspecified atom stereocenters. The summed E-state index contributed by atoms with van der Waals surface area (Å²) < 4.78 is 0. The Labute approximate surface area is 125 Å². The lowest BCUT2D eigenvalue weighted by Gasteiger charge is -2.21. The quantitative estimate of drug-likeness (QED) is 0.647. The molecule has 0 aromatic rings. The minimum Gasteiger partial charge on any atom is -0.481 e. The minimum atomic E-state index is -0.837. The molecule has 0 aromatic carbocycles. The highest BCUT2D eigenvalue weighted by molar-refractivity contribution is 5.86. The Bertz CT molecular complexity index is 380. The Kier molecular flexibility index (Phi) is 6.98. The van der Waals surface area contributed by atoms with Crippen LogP contribution in [0.4, 0.5) is 4.79 Å². The van der Waals surface area contributed by atoms with E-state index in [2.05, 4.69) is 10.6 Å². The van der Waals surface area contributed by atoms with Crippen LogP contribution in [0.25, 0.3) is 0 Å². The van der Waals surface area contributed by atoms with Crippen LogP contribution >= 0.6 is 0 Å². The number of carbonyl (C=O) groups excluding carboxylic acids is 2. The Hall–Kier alpha value is -1.79. The Morgan fingerprint density at radius 3 is 2.38 bits per heavy atom. The molecule has 0 radical (unpaired) electrons. The number of hydrogen-bond donors (Lipinski definition) is 3. The van der Waals surface area contributed by atoms with Crippen LogP contribution < -0.4 is 10.6 Å². The summed E-state index contributed by atoms with van der Waals surface area (Å²) in [5.74, 6) is -0.811. The van der Waals surface area contributed by atoms with Gasteiger partial charge >= 0.3 is 12.0 Å². The van der Waals surface area contributed by atoms with Crippen molar-refractivity contribution in [1.29, 1.82) is 0 Å². The summed E-state index contributed by atoms with van der Waals surface area (Å²) in [7, 11) is 0. The molecule has 3 amide bonds. The first-order valence-corrected chi connectivity index (χ1v) is 7.45. The minimum absolute atomic E-state index is 0.0541. The van der Waals surface area contributed by atoms with Gasteiger partial charge in [0.25, 0.3) is 0 Å². The second kappa shape index (κ2) is 8.49. The summed E-state index contributed by atoms with van der Waals surface area (Å²) in [6.45, 7) is 5.47. The lowest BCUT2D eigenvalue weighted by atomic mass is 10.1. The third kappa shape index (κ3) is 6.46. The second-order valence-corrected chi connectivity index (χ2v) is 5.65. The molecule has 3 N–H and O–H groups in total. The lowest BCUT2D eigenvalue weighted by molar-refractivity contribution is -0.137. The van der Waals surface area contributed by atoms with Crippen molar-refractivity contribution in [2.45, 2.75) is 45.6 Å². The number of carboxylic acids is 1. The van der Waals surface area contributed by atoms with E-state index in [-0.39, 0.29) is 18.2 Å². The van der Waals surface area contributed by atoms with Crippen LogP contribution in [0.5, 0.6) is 0 Å². The van der Waals surface area contributed by atoms with Crippen molar-refractivity contribution in [3.05, 3.63) is 0 Å². The van der Waals surface area contributed by atoms with Crippen molar-refractivity contribution in [3.63, 3.8) is 0 Å². The molecule has 0 aliphatic carbocycles. The first kappa shape index (κ1) is 17.3. The van der Waals surface area contributed by atoms with Gasteiger partial charge in [-0.1, -0.05) is 6.92 Å². The van der Waals surface area contributed by atoms with Crippen LogP contribution in [0.3, 0.4) is 0 Å². The number of carboxylic acid groups (broad SMARTS) is 1. The number of rotatable bonds is 7. The second-order valence-electron chi connectivity index (χ2n) is 5.65. The Morgan fingerprint density at radius 2 is 1.81 bits per heavy atom. The maximum atomic E-state index is 12.0. The molecule has 0 spiro atoms. The van der Waals surface area contributed by atoms with Gasteiger partial charge in [-0.05, 0) is 32.1 Å². The number of likely N-dealkylation sites (tertiary alicyclic amines) is 1. The van der Waals surface area contributed by atoms with Gasteiger partial charge in [0, 0.05) is 26.1 Å². The number of nitrogens with zero attached hydrogens (tertiary/aromatic N) is 1.